The lowest BCUT2D eigenvalue weighted by Crippen LogP contribution is -2.58. The molecule has 1 heterocycles. The van der Waals surface area contributed by atoms with E-state index in [4.69, 9.17) is 0 Å². The smallest absolute Gasteiger partial charge is 0.238 e. The number of aliphatic hydroxyl groups is 1. The van der Waals surface area contributed by atoms with E-state index in [0.717, 1.165) is 19.3 Å². The molecule has 17 heavy (non-hydrogen) atoms. The lowest BCUT2D eigenvalue weighted by atomic mass is 10.1. The van der Waals surface area contributed by atoms with Crippen molar-refractivity contribution >= 4 is 11.8 Å². The van der Waals surface area contributed by atoms with Gasteiger partial charge in [-0.15, -0.1) is 0 Å². The SMILES string of the molecule is O=C1CNC(C(=O)NCC2CCCC2O)CN1. The zero-order valence-corrected chi connectivity index (χ0v) is 9.74. The molecule has 4 N–H and O–H groups in total. The Balaban J connectivity index is 1.71. The average molecular weight is 241 g/mol. The second-order valence-electron chi connectivity index (χ2n) is 4.74. The Morgan fingerprint density at radius 1 is 1.47 bits per heavy atom. The topological polar surface area (TPSA) is 90.5 Å². The molecule has 0 aromatic carbocycles. The highest BCUT2D eigenvalue weighted by Crippen LogP contribution is 2.24. The van der Waals surface area contributed by atoms with Crippen LogP contribution in [0.1, 0.15) is 19.3 Å². The van der Waals surface area contributed by atoms with Gasteiger partial charge >= 0.3 is 0 Å². The fourth-order valence-electron chi connectivity index (χ4n) is 2.36. The highest BCUT2D eigenvalue weighted by atomic mass is 16.3. The van der Waals surface area contributed by atoms with Crippen LogP contribution in [0.2, 0.25) is 0 Å². The van der Waals surface area contributed by atoms with Gasteiger partial charge in [-0.25, -0.2) is 0 Å². The molecule has 2 aliphatic rings. The Bertz CT molecular complexity index is 298. The first kappa shape index (κ1) is 12.3. The number of carbonyl (C=O) groups is 2. The van der Waals surface area contributed by atoms with Gasteiger partial charge in [0.1, 0.15) is 6.04 Å². The summed E-state index contributed by atoms with van der Waals surface area (Å²) >= 11 is 0. The minimum atomic E-state index is -0.355. The maximum Gasteiger partial charge on any atom is 0.238 e. The minimum absolute atomic E-state index is 0.0831. The number of hydrogen-bond acceptors (Lipinski definition) is 4. The summed E-state index contributed by atoms with van der Waals surface area (Å²) in [6, 6.07) is -0.355. The van der Waals surface area contributed by atoms with Crippen molar-refractivity contribution in [2.75, 3.05) is 19.6 Å². The second-order valence-corrected chi connectivity index (χ2v) is 4.74. The fourth-order valence-corrected chi connectivity index (χ4v) is 2.36. The van der Waals surface area contributed by atoms with Crippen molar-refractivity contribution in [2.45, 2.75) is 31.4 Å². The van der Waals surface area contributed by atoms with Crippen molar-refractivity contribution in [3.63, 3.8) is 0 Å². The van der Waals surface area contributed by atoms with Crippen LogP contribution < -0.4 is 16.0 Å². The summed E-state index contributed by atoms with van der Waals surface area (Å²) in [6.07, 6.45) is 2.54. The molecular formula is C11H19N3O3. The second kappa shape index (κ2) is 5.46. The summed E-state index contributed by atoms with van der Waals surface area (Å²) in [6.45, 7) is 1.04. The Morgan fingerprint density at radius 3 is 2.88 bits per heavy atom. The van der Waals surface area contributed by atoms with E-state index in [0.29, 0.717) is 13.1 Å². The molecule has 0 bridgehead atoms. The van der Waals surface area contributed by atoms with Gasteiger partial charge in [-0.05, 0) is 12.8 Å². The number of carbonyl (C=O) groups excluding carboxylic acids is 2. The molecule has 0 aromatic heterocycles. The molecule has 96 valence electrons. The quantitative estimate of drug-likeness (QED) is 0.476. The van der Waals surface area contributed by atoms with Crippen molar-refractivity contribution in [3.8, 4) is 0 Å². The summed E-state index contributed by atoms with van der Waals surface area (Å²) in [4.78, 5) is 22.7. The highest BCUT2D eigenvalue weighted by Gasteiger charge is 2.28. The van der Waals surface area contributed by atoms with Crippen LogP contribution in [0.15, 0.2) is 0 Å². The molecule has 1 aliphatic carbocycles. The standard InChI is InChI=1S/C11H19N3O3/c15-9-3-1-2-7(9)4-14-11(17)8-5-13-10(16)6-12-8/h7-9,12,15H,1-6H2,(H,13,16)(H,14,17). The molecule has 1 saturated heterocycles. The molecule has 3 unspecified atom stereocenters. The highest BCUT2D eigenvalue weighted by molar-refractivity contribution is 5.86. The maximum absolute atomic E-state index is 11.8. The van der Waals surface area contributed by atoms with Gasteiger partial charge in [0.2, 0.25) is 11.8 Å². The fraction of sp³-hybridized carbons (Fsp3) is 0.818. The van der Waals surface area contributed by atoms with Gasteiger partial charge < -0.3 is 15.7 Å². The molecule has 6 heteroatoms. The minimum Gasteiger partial charge on any atom is -0.393 e. The average Bonchev–Trinajstić information content (AvgIpc) is 2.73. The maximum atomic E-state index is 11.8. The summed E-state index contributed by atoms with van der Waals surface area (Å²) in [5.41, 5.74) is 0. The number of piperazine rings is 1. The predicted molar refractivity (Wildman–Crippen MR) is 61.2 cm³/mol. The van der Waals surface area contributed by atoms with Crippen LogP contribution in [-0.2, 0) is 9.59 Å². The first-order valence-electron chi connectivity index (χ1n) is 6.12. The largest absolute Gasteiger partial charge is 0.393 e. The van der Waals surface area contributed by atoms with Gasteiger partial charge in [-0.2, -0.15) is 0 Å². The molecule has 0 aromatic rings. The lowest BCUT2D eigenvalue weighted by Gasteiger charge is -2.24. The molecule has 0 spiro atoms. The first-order valence-corrected chi connectivity index (χ1v) is 6.12. The van der Waals surface area contributed by atoms with Crippen LogP contribution in [0.5, 0.6) is 0 Å². The van der Waals surface area contributed by atoms with E-state index in [1.54, 1.807) is 0 Å². The molecule has 0 radical (unpaired) electrons. The van der Waals surface area contributed by atoms with Crippen LogP contribution in [0.3, 0.4) is 0 Å². The van der Waals surface area contributed by atoms with Gasteiger partial charge in [0.05, 0.1) is 12.6 Å². The van der Waals surface area contributed by atoms with Gasteiger partial charge in [-0.1, -0.05) is 6.42 Å². The van der Waals surface area contributed by atoms with Crippen LogP contribution in [0.4, 0.5) is 0 Å². The number of rotatable bonds is 3. The number of aliphatic hydroxyl groups excluding tert-OH is 1. The molecule has 6 nitrogen and oxygen atoms in total. The lowest BCUT2D eigenvalue weighted by molar-refractivity contribution is -0.126. The third-order valence-electron chi connectivity index (χ3n) is 3.49. The van der Waals surface area contributed by atoms with E-state index >= 15 is 0 Å². The van der Waals surface area contributed by atoms with Crippen molar-refractivity contribution in [1.82, 2.24) is 16.0 Å². The first-order chi connectivity index (χ1) is 8.16. The van der Waals surface area contributed by atoms with E-state index in [1.807, 2.05) is 0 Å². The van der Waals surface area contributed by atoms with Crippen LogP contribution in [0, 0.1) is 5.92 Å². The monoisotopic (exact) mass is 241 g/mol. The van der Waals surface area contributed by atoms with E-state index in [1.165, 1.54) is 0 Å². The summed E-state index contributed by atoms with van der Waals surface area (Å²) in [7, 11) is 0. The third kappa shape index (κ3) is 3.17. The summed E-state index contributed by atoms with van der Waals surface area (Å²) < 4.78 is 0. The molecule has 3 atom stereocenters. The van der Waals surface area contributed by atoms with Crippen LogP contribution >= 0.6 is 0 Å². The van der Waals surface area contributed by atoms with Crippen molar-refractivity contribution < 1.29 is 14.7 Å². The van der Waals surface area contributed by atoms with E-state index in [9.17, 15) is 14.7 Å². The number of amides is 2. The number of hydrogen-bond donors (Lipinski definition) is 4. The molecule has 2 amide bonds. The van der Waals surface area contributed by atoms with Crippen LogP contribution in [0.25, 0.3) is 0 Å². The molecule has 1 saturated carbocycles. The Kier molecular flexibility index (Phi) is 3.96. The summed E-state index contributed by atoms with van der Waals surface area (Å²) in [5, 5.41) is 18.0. The van der Waals surface area contributed by atoms with Crippen molar-refractivity contribution in [2.24, 2.45) is 5.92 Å². The third-order valence-corrected chi connectivity index (χ3v) is 3.49. The normalized spacial score (nSPS) is 33.2. The molecule has 2 fully saturated rings. The van der Waals surface area contributed by atoms with Crippen molar-refractivity contribution in [1.29, 1.82) is 0 Å². The van der Waals surface area contributed by atoms with E-state index in [2.05, 4.69) is 16.0 Å². The van der Waals surface area contributed by atoms with E-state index < -0.39 is 0 Å². The van der Waals surface area contributed by atoms with Crippen LogP contribution in [-0.4, -0.2) is 48.7 Å². The Hall–Kier alpha value is -1.14. The van der Waals surface area contributed by atoms with Gasteiger partial charge in [-0.3, -0.25) is 14.9 Å². The molecule has 2 rings (SSSR count). The van der Waals surface area contributed by atoms with Crippen molar-refractivity contribution in [3.05, 3.63) is 0 Å². The zero-order valence-electron chi connectivity index (χ0n) is 9.74. The van der Waals surface area contributed by atoms with Gasteiger partial charge in [0, 0.05) is 19.0 Å². The Labute approximate surface area is 100 Å². The number of nitrogens with one attached hydrogen (secondary N) is 3. The van der Waals surface area contributed by atoms with Gasteiger partial charge in [0.25, 0.3) is 0 Å². The predicted octanol–water partition coefficient (Wildman–Crippen LogP) is -1.65. The van der Waals surface area contributed by atoms with Gasteiger partial charge in [0.15, 0.2) is 0 Å². The zero-order chi connectivity index (χ0) is 12.3. The Morgan fingerprint density at radius 2 is 2.29 bits per heavy atom. The molecule has 1 aliphatic heterocycles. The summed E-state index contributed by atoms with van der Waals surface area (Å²) in [5.74, 6) is -0.0125. The molecular weight excluding hydrogens is 222 g/mol. The van der Waals surface area contributed by atoms with E-state index in [-0.39, 0.29) is 36.4 Å².